The second-order valence-corrected chi connectivity index (χ2v) is 8.76. The summed E-state index contributed by atoms with van der Waals surface area (Å²) in [5, 5.41) is 1.89. The predicted molar refractivity (Wildman–Crippen MR) is 126 cm³/mol. The van der Waals surface area contributed by atoms with E-state index in [1.807, 2.05) is 37.2 Å². The largest absolute Gasteiger partial charge is 0.476 e. The number of imide groups is 1. The molecule has 2 amide bonds. The quantitative estimate of drug-likeness (QED) is 0.631. The summed E-state index contributed by atoms with van der Waals surface area (Å²) in [6, 6.07) is 12.0. The molecule has 0 atom stereocenters. The topological polar surface area (TPSA) is 90.9 Å². The predicted octanol–water partition coefficient (Wildman–Crippen LogP) is 2.07. The van der Waals surface area contributed by atoms with Gasteiger partial charge in [-0.15, -0.1) is 0 Å². The normalized spacial score (nSPS) is 17.9. The molecule has 9 nitrogen and oxygen atoms in total. The van der Waals surface area contributed by atoms with E-state index in [4.69, 9.17) is 4.74 Å². The lowest BCUT2D eigenvalue weighted by Gasteiger charge is -2.36. The number of carbonyl (C=O) groups excluding carboxylic acids is 2. The van der Waals surface area contributed by atoms with Crippen molar-refractivity contribution in [3.63, 3.8) is 0 Å². The monoisotopic (exact) mass is 454 g/mol. The van der Waals surface area contributed by atoms with Gasteiger partial charge in [0.05, 0.1) is 10.6 Å². The van der Waals surface area contributed by atoms with Crippen molar-refractivity contribution in [2.24, 2.45) is 0 Å². The highest BCUT2D eigenvalue weighted by molar-refractivity contribution is 8.18. The van der Waals surface area contributed by atoms with E-state index in [1.165, 1.54) is 5.69 Å². The van der Waals surface area contributed by atoms with E-state index in [2.05, 4.69) is 37.2 Å². The van der Waals surface area contributed by atoms with Gasteiger partial charge in [-0.3, -0.25) is 14.9 Å². The zero-order chi connectivity index (χ0) is 22.5. The van der Waals surface area contributed by atoms with Crippen LogP contribution < -0.4 is 19.9 Å². The molecule has 0 radical (unpaired) electrons. The van der Waals surface area contributed by atoms with Crippen molar-refractivity contribution in [3.8, 4) is 5.88 Å². The molecule has 0 unspecified atom stereocenters. The highest BCUT2D eigenvalue weighted by Gasteiger charge is 2.26. The number of piperazine rings is 1. The van der Waals surface area contributed by atoms with Crippen molar-refractivity contribution in [2.45, 2.75) is 0 Å². The maximum Gasteiger partial charge on any atom is 0.290 e. The minimum atomic E-state index is -0.410. The maximum absolute atomic E-state index is 12.0. The first-order valence-electron chi connectivity index (χ1n) is 10.4. The first kappa shape index (κ1) is 22.1. The fourth-order valence-corrected chi connectivity index (χ4v) is 4.08. The van der Waals surface area contributed by atoms with E-state index in [9.17, 15) is 9.59 Å². The van der Waals surface area contributed by atoms with Crippen LogP contribution in [0.2, 0.25) is 0 Å². The van der Waals surface area contributed by atoms with Gasteiger partial charge in [0.1, 0.15) is 6.61 Å². The average molecular weight is 455 g/mol. The number of anilines is 2. The van der Waals surface area contributed by atoms with Gasteiger partial charge >= 0.3 is 0 Å². The SMILES string of the molecule is CN(C)CCOc1cc(/C=C2\SC(=O)NC2=O)nc(N2CCN(c3ccccc3)CC2)n1. The molecule has 2 aliphatic heterocycles. The Labute approximate surface area is 191 Å². The van der Waals surface area contributed by atoms with E-state index in [1.54, 1.807) is 12.1 Å². The summed E-state index contributed by atoms with van der Waals surface area (Å²) in [6.07, 6.45) is 1.61. The molecular formula is C22H26N6O3S. The fourth-order valence-electron chi connectivity index (χ4n) is 3.41. The van der Waals surface area contributed by atoms with Gasteiger partial charge in [0.2, 0.25) is 11.8 Å². The molecular weight excluding hydrogens is 428 g/mol. The third kappa shape index (κ3) is 5.57. The zero-order valence-corrected chi connectivity index (χ0v) is 19.0. The third-order valence-corrected chi connectivity index (χ3v) is 5.91. The van der Waals surface area contributed by atoms with Crippen LogP contribution in [0.3, 0.4) is 0 Å². The molecule has 2 saturated heterocycles. The minimum absolute atomic E-state index is 0.313. The third-order valence-electron chi connectivity index (χ3n) is 5.10. The summed E-state index contributed by atoms with van der Waals surface area (Å²) in [5.74, 6) is 0.595. The maximum atomic E-state index is 12.0. The van der Waals surface area contributed by atoms with E-state index < -0.39 is 5.91 Å². The molecule has 4 rings (SSSR count). The molecule has 0 saturated carbocycles. The van der Waals surface area contributed by atoms with Crippen LogP contribution in [0.15, 0.2) is 41.3 Å². The summed E-state index contributed by atoms with van der Waals surface area (Å²) < 4.78 is 5.86. The molecule has 0 spiro atoms. The number of likely N-dealkylation sites (N-methyl/N-ethyl adjacent to an activating group) is 1. The van der Waals surface area contributed by atoms with Crippen molar-refractivity contribution >= 4 is 40.6 Å². The lowest BCUT2D eigenvalue weighted by Crippen LogP contribution is -2.47. The number of hydrogen-bond acceptors (Lipinski definition) is 9. The summed E-state index contributed by atoms with van der Waals surface area (Å²) >= 11 is 0.869. The smallest absolute Gasteiger partial charge is 0.290 e. The van der Waals surface area contributed by atoms with Crippen LogP contribution in [-0.4, -0.2) is 79.4 Å². The Morgan fingerprint density at radius 2 is 1.81 bits per heavy atom. The molecule has 10 heteroatoms. The van der Waals surface area contributed by atoms with Crippen molar-refractivity contribution in [1.29, 1.82) is 0 Å². The number of rotatable bonds is 7. The molecule has 2 aromatic rings. The Morgan fingerprint density at radius 1 is 1.09 bits per heavy atom. The molecule has 168 valence electrons. The lowest BCUT2D eigenvalue weighted by atomic mass is 10.2. The van der Waals surface area contributed by atoms with E-state index in [0.717, 1.165) is 44.5 Å². The van der Waals surface area contributed by atoms with Crippen LogP contribution in [0.25, 0.3) is 6.08 Å². The number of para-hydroxylation sites is 1. The molecule has 0 bridgehead atoms. The molecule has 2 fully saturated rings. The summed E-state index contributed by atoms with van der Waals surface area (Å²) in [7, 11) is 3.95. The van der Waals surface area contributed by atoms with E-state index >= 15 is 0 Å². The van der Waals surface area contributed by atoms with Gasteiger partial charge in [0, 0.05) is 44.5 Å². The number of benzene rings is 1. The number of carbonyl (C=O) groups is 2. The number of amides is 2. The van der Waals surface area contributed by atoms with Crippen LogP contribution in [0.5, 0.6) is 5.88 Å². The van der Waals surface area contributed by atoms with Crippen molar-refractivity contribution in [2.75, 3.05) is 63.2 Å². The highest BCUT2D eigenvalue weighted by Crippen LogP contribution is 2.27. The van der Waals surface area contributed by atoms with Gasteiger partial charge in [0.15, 0.2) is 0 Å². The molecule has 1 N–H and O–H groups in total. The number of nitrogens with one attached hydrogen (secondary N) is 1. The van der Waals surface area contributed by atoms with Crippen LogP contribution in [0.4, 0.5) is 16.4 Å². The van der Waals surface area contributed by atoms with Gasteiger partial charge in [-0.1, -0.05) is 18.2 Å². The number of hydrogen-bond donors (Lipinski definition) is 1. The molecule has 32 heavy (non-hydrogen) atoms. The van der Waals surface area contributed by atoms with Crippen LogP contribution >= 0.6 is 11.8 Å². The first-order valence-corrected chi connectivity index (χ1v) is 11.3. The standard InChI is InChI=1S/C22H26N6O3S/c1-26(2)12-13-31-19-15-16(14-18-20(29)25-22(30)32-18)23-21(24-19)28-10-8-27(9-11-28)17-6-4-3-5-7-17/h3-7,14-15H,8-13H2,1-2H3,(H,25,29,30)/b18-14-. The van der Waals surface area contributed by atoms with Gasteiger partial charge in [0.25, 0.3) is 11.1 Å². The molecule has 3 heterocycles. The Balaban J connectivity index is 1.53. The van der Waals surface area contributed by atoms with Crippen molar-refractivity contribution < 1.29 is 14.3 Å². The number of ether oxygens (including phenoxy) is 1. The van der Waals surface area contributed by atoms with Crippen molar-refractivity contribution in [3.05, 3.63) is 47.0 Å². The van der Waals surface area contributed by atoms with Gasteiger partial charge in [-0.05, 0) is 44.1 Å². The zero-order valence-electron chi connectivity index (χ0n) is 18.2. The fraction of sp³-hybridized carbons (Fsp3) is 0.364. The summed E-state index contributed by atoms with van der Waals surface area (Å²) in [6.45, 7) is 4.46. The molecule has 1 aromatic carbocycles. The average Bonchev–Trinajstić information content (AvgIpc) is 3.10. The Hall–Kier alpha value is -3.11. The van der Waals surface area contributed by atoms with E-state index in [0.29, 0.717) is 29.0 Å². The molecule has 2 aliphatic rings. The van der Waals surface area contributed by atoms with E-state index in [-0.39, 0.29) is 5.24 Å². The minimum Gasteiger partial charge on any atom is -0.476 e. The Morgan fingerprint density at radius 3 is 2.47 bits per heavy atom. The van der Waals surface area contributed by atoms with Crippen LogP contribution in [-0.2, 0) is 4.79 Å². The Bertz CT molecular complexity index is 1010. The Kier molecular flexibility index (Phi) is 6.91. The number of thioether (sulfide) groups is 1. The lowest BCUT2D eigenvalue weighted by molar-refractivity contribution is -0.115. The first-order chi connectivity index (χ1) is 15.5. The van der Waals surface area contributed by atoms with Gasteiger partial charge in [-0.25, -0.2) is 4.98 Å². The number of aromatic nitrogens is 2. The molecule has 0 aliphatic carbocycles. The van der Waals surface area contributed by atoms with Crippen LogP contribution in [0, 0.1) is 0 Å². The molecule has 1 aromatic heterocycles. The summed E-state index contributed by atoms with van der Waals surface area (Å²) in [5.41, 5.74) is 1.74. The van der Waals surface area contributed by atoms with Crippen LogP contribution in [0.1, 0.15) is 5.69 Å². The van der Waals surface area contributed by atoms with Crippen molar-refractivity contribution in [1.82, 2.24) is 20.2 Å². The second kappa shape index (κ2) is 10.0. The highest BCUT2D eigenvalue weighted by atomic mass is 32.2. The number of nitrogens with zero attached hydrogens (tertiary/aromatic N) is 5. The van der Waals surface area contributed by atoms with Gasteiger partial charge in [-0.2, -0.15) is 4.98 Å². The van der Waals surface area contributed by atoms with Gasteiger partial charge < -0.3 is 19.4 Å². The summed E-state index contributed by atoms with van der Waals surface area (Å²) in [4.78, 5) is 39.5. The second-order valence-electron chi connectivity index (χ2n) is 7.74.